The number of amides is 1. The van der Waals surface area contributed by atoms with Crippen LogP contribution in [0.4, 0.5) is 0 Å². The molecule has 0 unspecified atom stereocenters. The van der Waals surface area contributed by atoms with Crippen molar-refractivity contribution in [3.05, 3.63) is 35.8 Å². The molecule has 1 aliphatic carbocycles. The summed E-state index contributed by atoms with van der Waals surface area (Å²) < 4.78 is 5.02. The Kier molecular flexibility index (Phi) is 5.91. The molecule has 0 aromatic heterocycles. The highest BCUT2D eigenvalue weighted by Gasteiger charge is 2.10. The first kappa shape index (κ1) is 14.2. The number of carbonyl (C=O) groups is 1. The quantitative estimate of drug-likeness (QED) is 0.411. The van der Waals surface area contributed by atoms with E-state index >= 15 is 0 Å². The Morgan fingerprint density at radius 2 is 2.39 bits per heavy atom. The van der Waals surface area contributed by atoms with E-state index in [1.54, 1.807) is 6.20 Å². The zero-order valence-corrected chi connectivity index (χ0v) is 11.1. The third kappa shape index (κ3) is 4.20. The second kappa shape index (κ2) is 7.48. The van der Waals surface area contributed by atoms with Crippen LogP contribution in [0.1, 0.15) is 19.8 Å². The van der Waals surface area contributed by atoms with Crippen molar-refractivity contribution in [2.24, 2.45) is 4.99 Å². The molecule has 0 radical (unpaired) electrons. The first-order valence-electron chi connectivity index (χ1n) is 6.07. The molecule has 0 saturated heterocycles. The Labute approximate surface area is 108 Å². The summed E-state index contributed by atoms with van der Waals surface area (Å²) in [6.07, 6.45) is 10.4. The van der Waals surface area contributed by atoms with Gasteiger partial charge in [0.15, 0.2) is 0 Å². The highest BCUT2D eigenvalue weighted by molar-refractivity contribution is 5.94. The van der Waals surface area contributed by atoms with Crippen molar-refractivity contribution in [2.75, 3.05) is 20.2 Å². The minimum Gasteiger partial charge on any atom is -0.490 e. The van der Waals surface area contributed by atoms with Crippen molar-refractivity contribution >= 4 is 12.6 Å². The molecule has 0 saturated carbocycles. The zero-order chi connectivity index (χ0) is 13.4. The van der Waals surface area contributed by atoms with E-state index in [-0.39, 0.29) is 5.76 Å². The minimum absolute atomic E-state index is 0.215. The van der Waals surface area contributed by atoms with Crippen LogP contribution in [0.25, 0.3) is 0 Å². The lowest BCUT2D eigenvalue weighted by molar-refractivity contribution is -0.117. The number of hydrogen-bond donors (Lipinski definition) is 0. The fraction of sp³-hybridized carbons (Fsp3) is 0.429. The van der Waals surface area contributed by atoms with E-state index in [0.717, 1.165) is 25.9 Å². The average Bonchev–Trinajstić information content (AvgIpc) is 2.43. The monoisotopic (exact) mass is 248 g/mol. The zero-order valence-electron chi connectivity index (χ0n) is 11.1. The fourth-order valence-corrected chi connectivity index (χ4v) is 1.71. The smallest absolute Gasteiger partial charge is 0.312 e. The third-order valence-corrected chi connectivity index (χ3v) is 2.74. The van der Waals surface area contributed by atoms with Crippen molar-refractivity contribution in [2.45, 2.75) is 19.8 Å². The van der Waals surface area contributed by atoms with Gasteiger partial charge in [-0.15, -0.1) is 0 Å². The van der Waals surface area contributed by atoms with Gasteiger partial charge in [0, 0.05) is 19.3 Å². The number of rotatable bonds is 6. The van der Waals surface area contributed by atoms with Crippen molar-refractivity contribution in [3.63, 3.8) is 0 Å². The number of allylic oxidation sites excluding steroid dienone is 2. The highest BCUT2D eigenvalue weighted by atomic mass is 16.5. The van der Waals surface area contributed by atoms with Crippen molar-refractivity contribution in [3.8, 4) is 0 Å². The lowest BCUT2D eigenvalue weighted by Gasteiger charge is -2.20. The minimum atomic E-state index is -0.441. The van der Waals surface area contributed by atoms with Crippen LogP contribution in [0.15, 0.2) is 40.8 Å². The summed E-state index contributed by atoms with van der Waals surface area (Å²) >= 11 is 0. The van der Waals surface area contributed by atoms with Crippen LogP contribution in [-0.2, 0) is 9.53 Å². The summed E-state index contributed by atoms with van der Waals surface area (Å²) in [6, 6.07) is 0. The molecule has 0 fully saturated rings. The number of nitrogens with zero attached hydrogens (tertiary/aromatic N) is 2. The van der Waals surface area contributed by atoms with E-state index in [1.807, 2.05) is 11.8 Å². The maximum atomic E-state index is 11.4. The van der Waals surface area contributed by atoms with Gasteiger partial charge in [-0.1, -0.05) is 18.2 Å². The third-order valence-electron chi connectivity index (χ3n) is 2.74. The molecular formula is C14H20N2O2. The highest BCUT2D eigenvalue weighted by Crippen LogP contribution is 2.12. The Morgan fingerprint density at radius 1 is 1.61 bits per heavy atom. The van der Waals surface area contributed by atoms with Gasteiger partial charge in [-0.25, -0.2) is 4.99 Å². The number of methoxy groups -OCH3 is 1. The Morgan fingerprint density at radius 3 is 2.89 bits per heavy atom. The van der Waals surface area contributed by atoms with Gasteiger partial charge in [-0.2, -0.15) is 0 Å². The lowest BCUT2D eigenvalue weighted by Crippen LogP contribution is -2.21. The number of likely N-dealkylation sites (N-methyl/N-ethyl adjacent to an activating group) is 1. The molecule has 4 nitrogen and oxygen atoms in total. The second-order valence-corrected chi connectivity index (χ2v) is 3.98. The molecule has 0 aromatic carbocycles. The van der Waals surface area contributed by atoms with E-state index in [4.69, 9.17) is 4.74 Å². The largest absolute Gasteiger partial charge is 0.490 e. The fourth-order valence-electron chi connectivity index (χ4n) is 1.71. The van der Waals surface area contributed by atoms with Gasteiger partial charge in [0.05, 0.1) is 7.11 Å². The molecule has 1 amide bonds. The van der Waals surface area contributed by atoms with Crippen molar-refractivity contribution in [1.29, 1.82) is 0 Å². The molecule has 0 bridgehead atoms. The number of aliphatic imine (C=N–C) groups is 1. The Balaban J connectivity index is 2.73. The summed E-state index contributed by atoms with van der Waals surface area (Å²) in [5.74, 6) is -0.226. The summed E-state index contributed by atoms with van der Waals surface area (Å²) in [4.78, 5) is 16.8. The van der Waals surface area contributed by atoms with Gasteiger partial charge in [-0.05, 0) is 32.1 Å². The average molecular weight is 248 g/mol. The van der Waals surface area contributed by atoms with E-state index < -0.39 is 5.91 Å². The molecule has 0 spiro atoms. The summed E-state index contributed by atoms with van der Waals surface area (Å²) in [6.45, 7) is 6.81. The van der Waals surface area contributed by atoms with E-state index in [0.29, 0.717) is 0 Å². The SMILES string of the molecule is C=NC(=O)/C(=C\N(CC)CC1=CCCC=C1)OC. The van der Waals surface area contributed by atoms with Crippen LogP contribution in [0.2, 0.25) is 0 Å². The van der Waals surface area contributed by atoms with E-state index in [1.165, 1.54) is 12.7 Å². The van der Waals surface area contributed by atoms with E-state index in [9.17, 15) is 4.79 Å². The van der Waals surface area contributed by atoms with Gasteiger partial charge in [-0.3, -0.25) is 4.79 Å². The molecule has 0 heterocycles. The first-order chi connectivity index (χ1) is 8.71. The molecule has 0 aromatic rings. The molecule has 0 aliphatic heterocycles. The van der Waals surface area contributed by atoms with Crippen LogP contribution in [-0.4, -0.2) is 37.7 Å². The number of hydrogen-bond acceptors (Lipinski definition) is 3. The molecular weight excluding hydrogens is 228 g/mol. The van der Waals surface area contributed by atoms with E-state index in [2.05, 4.69) is 29.9 Å². The molecule has 18 heavy (non-hydrogen) atoms. The Bertz CT molecular complexity index is 395. The summed E-state index contributed by atoms with van der Waals surface area (Å²) in [5.41, 5.74) is 1.26. The van der Waals surface area contributed by atoms with Gasteiger partial charge >= 0.3 is 5.91 Å². The van der Waals surface area contributed by atoms with Crippen LogP contribution in [0, 0.1) is 0 Å². The lowest BCUT2D eigenvalue weighted by atomic mass is 10.1. The molecule has 4 heteroatoms. The normalized spacial score (nSPS) is 15.0. The molecule has 1 rings (SSSR count). The molecule has 98 valence electrons. The van der Waals surface area contributed by atoms with Crippen molar-refractivity contribution < 1.29 is 9.53 Å². The molecule has 0 N–H and O–H groups in total. The molecule has 1 aliphatic rings. The summed E-state index contributed by atoms with van der Waals surface area (Å²) in [7, 11) is 1.46. The predicted octanol–water partition coefficient (Wildman–Crippen LogP) is 2.30. The van der Waals surface area contributed by atoms with Crippen LogP contribution >= 0.6 is 0 Å². The number of carbonyl (C=O) groups excluding carboxylic acids is 1. The first-order valence-corrected chi connectivity index (χ1v) is 6.07. The summed E-state index contributed by atoms with van der Waals surface area (Å²) in [5, 5.41) is 0. The van der Waals surface area contributed by atoms with Gasteiger partial charge in [0.25, 0.3) is 0 Å². The van der Waals surface area contributed by atoms with Gasteiger partial charge < -0.3 is 9.64 Å². The van der Waals surface area contributed by atoms with Gasteiger partial charge in [0.1, 0.15) is 0 Å². The standard InChI is InChI=1S/C14H20N2O2/c1-4-16(10-12-8-6-5-7-9-12)11-13(18-3)14(17)15-2/h6,8-9,11H,2,4-5,7,10H2,1,3H3/b13-11+. The number of ether oxygens (including phenoxy) is 1. The second-order valence-electron chi connectivity index (χ2n) is 3.98. The maximum absolute atomic E-state index is 11.4. The predicted molar refractivity (Wildman–Crippen MR) is 73.4 cm³/mol. The maximum Gasteiger partial charge on any atom is 0.312 e. The molecule has 0 atom stereocenters. The van der Waals surface area contributed by atoms with Crippen LogP contribution < -0.4 is 0 Å². The topological polar surface area (TPSA) is 41.9 Å². The van der Waals surface area contributed by atoms with Crippen LogP contribution in [0.5, 0.6) is 0 Å². The van der Waals surface area contributed by atoms with Crippen LogP contribution in [0.3, 0.4) is 0 Å². The van der Waals surface area contributed by atoms with Crippen molar-refractivity contribution in [1.82, 2.24) is 4.90 Å². The Hall–Kier alpha value is -1.84. The van der Waals surface area contributed by atoms with Gasteiger partial charge in [0.2, 0.25) is 5.76 Å².